The lowest BCUT2D eigenvalue weighted by atomic mass is 10.0. The van der Waals surface area contributed by atoms with E-state index in [-0.39, 0.29) is 0 Å². The maximum absolute atomic E-state index is 11.4. The molecule has 102 valence electrons. The molecule has 0 aromatic carbocycles. The van der Waals surface area contributed by atoms with Crippen LogP contribution in [0.3, 0.4) is 0 Å². The molecule has 5 heteroatoms. The van der Waals surface area contributed by atoms with Crippen molar-refractivity contribution in [3.63, 3.8) is 0 Å². The summed E-state index contributed by atoms with van der Waals surface area (Å²) in [7, 11) is 0. The summed E-state index contributed by atoms with van der Waals surface area (Å²) in [5.74, 6) is 0.0988. The first-order valence-corrected chi connectivity index (χ1v) is 6.75. The third-order valence-corrected chi connectivity index (χ3v) is 3.27. The SMILES string of the molecule is CCC(CC)n1nnc(C(N)=O)c1CCC(C)C. The molecule has 1 rings (SSSR count). The summed E-state index contributed by atoms with van der Waals surface area (Å²) in [6, 6.07) is 0.299. The summed E-state index contributed by atoms with van der Waals surface area (Å²) in [5.41, 5.74) is 6.59. The van der Waals surface area contributed by atoms with Gasteiger partial charge < -0.3 is 5.73 Å². The van der Waals surface area contributed by atoms with E-state index in [1.165, 1.54) is 0 Å². The molecular weight excluding hydrogens is 228 g/mol. The maximum Gasteiger partial charge on any atom is 0.271 e. The first kappa shape index (κ1) is 14.7. The number of aromatic nitrogens is 3. The first-order valence-electron chi connectivity index (χ1n) is 6.75. The highest BCUT2D eigenvalue weighted by Gasteiger charge is 2.21. The van der Waals surface area contributed by atoms with Crippen LogP contribution in [0.4, 0.5) is 0 Å². The van der Waals surface area contributed by atoms with Gasteiger partial charge in [0, 0.05) is 0 Å². The standard InChI is InChI=1S/C13H24N4O/c1-5-10(6-2)17-11(8-7-9(3)4)12(13(14)18)15-16-17/h9-10H,5-8H2,1-4H3,(H2,14,18). The quantitative estimate of drug-likeness (QED) is 0.809. The van der Waals surface area contributed by atoms with Gasteiger partial charge in [0.25, 0.3) is 5.91 Å². The van der Waals surface area contributed by atoms with Crippen LogP contribution >= 0.6 is 0 Å². The third kappa shape index (κ3) is 3.31. The largest absolute Gasteiger partial charge is 0.364 e. The molecule has 5 nitrogen and oxygen atoms in total. The fourth-order valence-corrected chi connectivity index (χ4v) is 2.09. The number of hydrogen-bond donors (Lipinski definition) is 1. The summed E-state index contributed by atoms with van der Waals surface area (Å²) in [4.78, 5) is 11.4. The Morgan fingerprint density at radius 2 is 1.94 bits per heavy atom. The number of rotatable bonds is 7. The summed E-state index contributed by atoms with van der Waals surface area (Å²) >= 11 is 0. The summed E-state index contributed by atoms with van der Waals surface area (Å²) in [6.07, 6.45) is 3.77. The van der Waals surface area contributed by atoms with Gasteiger partial charge in [-0.2, -0.15) is 0 Å². The lowest BCUT2D eigenvalue weighted by Gasteiger charge is -2.16. The van der Waals surface area contributed by atoms with Crippen molar-refractivity contribution in [2.45, 2.75) is 59.4 Å². The van der Waals surface area contributed by atoms with Crippen molar-refractivity contribution in [1.82, 2.24) is 15.0 Å². The van der Waals surface area contributed by atoms with Crippen molar-refractivity contribution in [3.05, 3.63) is 11.4 Å². The van der Waals surface area contributed by atoms with E-state index in [4.69, 9.17) is 5.73 Å². The van der Waals surface area contributed by atoms with Crippen LogP contribution in [-0.4, -0.2) is 20.9 Å². The van der Waals surface area contributed by atoms with E-state index < -0.39 is 5.91 Å². The number of amides is 1. The van der Waals surface area contributed by atoms with E-state index in [1.807, 2.05) is 4.68 Å². The predicted molar refractivity (Wildman–Crippen MR) is 71.3 cm³/mol. The van der Waals surface area contributed by atoms with Crippen LogP contribution in [0, 0.1) is 5.92 Å². The minimum atomic E-state index is -0.481. The van der Waals surface area contributed by atoms with Gasteiger partial charge in [-0.3, -0.25) is 4.79 Å². The average molecular weight is 252 g/mol. The fourth-order valence-electron chi connectivity index (χ4n) is 2.09. The van der Waals surface area contributed by atoms with Crippen LogP contribution in [0.25, 0.3) is 0 Å². The highest BCUT2D eigenvalue weighted by molar-refractivity contribution is 5.91. The first-order chi connectivity index (χ1) is 8.51. The Bertz CT molecular complexity index is 394. The Morgan fingerprint density at radius 1 is 1.33 bits per heavy atom. The smallest absolute Gasteiger partial charge is 0.271 e. The minimum Gasteiger partial charge on any atom is -0.364 e. The van der Waals surface area contributed by atoms with Crippen LogP contribution < -0.4 is 5.73 Å². The summed E-state index contributed by atoms with van der Waals surface area (Å²) < 4.78 is 1.89. The van der Waals surface area contributed by atoms with Crippen molar-refractivity contribution in [3.8, 4) is 0 Å². The molecule has 1 amide bonds. The van der Waals surface area contributed by atoms with Gasteiger partial charge in [-0.1, -0.05) is 32.9 Å². The Kier molecular flexibility index (Phi) is 5.31. The van der Waals surface area contributed by atoms with E-state index in [0.717, 1.165) is 31.4 Å². The normalized spacial score (nSPS) is 11.4. The van der Waals surface area contributed by atoms with Crippen LogP contribution in [0.5, 0.6) is 0 Å². The van der Waals surface area contributed by atoms with Gasteiger partial charge in [-0.25, -0.2) is 4.68 Å². The van der Waals surface area contributed by atoms with Gasteiger partial charge in [0.2, 0.25) is 0 Å². The molecule has 0 unspecified atom stereocenters. The molecule has 0 aliphatic rings. The zero-order chi connectivity index (χ0) is 13.7. The maximum atomic E-state index is 11.4. The van der Waals surface area contributed by atoms with Crippen LogP contribution in [-0.2, 0) is 6.42 Å². The lowest BCUT2D eigenvalue weighted by Crippen LogP contribution is -2.18. The van der Waals surface area contributed by atoms with Gasteiger partial charge in [-0.05, 0) is 31.6 Å². The number of hydrogen-bond acceptors (Lipinski definition) is 3. The molecule has 0 aliphatic carbocycles. The second-order valence-electron chi connectivity index (χ2n) is 5.10. The van der Waals surface area contributed by atoms with Crippen molar-refractivity contribution in [1.29, 1.82) is 0 Å². The van der Waals surface area contributed by atoms with Gasteiger partial charge in [0.1, 0.15) is 0 Å². The van der Waals surface area contributed by atoms with Crippen LogP contribution in [0.1, 0.15) is 69.2 Å². The van der Waals surface area contributed by atoms with Crippen molar-refractivity contribution in [2.75, 3.05) is 0 Å². The number of nitrogens with two attached hydrogens (primary N) is 1. The number of carbonyl (C=O) groups is 1. The fraction of sp³-hybridized carbons (Fsp3) is 0.769. The summed E-state index contributed by atoms with van der Waals surface area (Å²) in [5, 5.41) is 8.07. The molecule has 1 aromatic heterocycles. The number of carbonyl (C=O) groups excluding carboxylic acids is 1. The lowest BCUT2D eigenvalue weighted by molar-refractivity contribution is 0.0994. The molecule has 18 heavy (non-hydrogen) atoms. The molecule has 0 fully saturated rings. The molecule has 1 aromatic rings. The second-order valence-corrected chi connectivity index (χ2v) is 5.10. The van der Waals surface area contributed by atoms with Crippen molar-refractivity contribution < 1.29 is 4.79 Å². The highest BCUT2D eigenvalue weighted by Crippen LogP contribution is 2.20. The van der Waals surface area contributed by atoms with Crippen LogP contribution in [0.2, 0.25) is 0 Å². The zero-order valence-corrected chi connectivity index (χ0v) is 11.8. The Labute approximate surface area is 109 Å². The molecule has 2 N–H and O–H groups in total. The number of primary amides is 1. The highest BCUT2D eigenvalue weighted by atomic mass is 16.1. The Hall–Kier alpha value is -1.39. The predicted octanol–water partition coefficient (Wildman–Crippen LogP) is 2.33. The average Bonchev–Trinajstić information content (AvgIpc) is 2.72. The molecule has 0 saturated carbocycles. The van der Waals surface area contributed by atoms with Gasteiger partial charge in [-0.15, -0.1) is 5.10 Å². The van der Waals surface area contributed by atoms with Crippen molar-refractivity contribution >= 4 is 5.91 Å². The molecule has 1 heterocycles. The van der Waals surface area contributed by atoms with E-state index in [1.54, 1.807) is 0 Å². The van der Waals surface area contributed by atoms with E-state index in [0.29, 0.717) is 17.7 Å². The van der Waals surface area contributed by atoms with Gasteiger partial charge in [0.05, 0.1) is 11.7 Å². The molecule has 0 aliphatic heterocycles. The second kappa shape index (κ2) is 6.52. The third-order valence-electron chi connectivity index (χ3n) is 3.27. The van der Waals surface area contributed by atoms with E-state index in [2.05, 4.69) is 38.0 Å². The van der Waals surface area contributed by atoms with E-state index in [9.17, 15) is 4.79 Å². The van der Waals surface area contributed by atoms with Gasteiger partial charge >= 0.3 is 0 Å². The summed E-state index contributed by atoms with van der Waals surface area (Å²) in [6.45, 7) is 8.56. The van der Waals surface area contributed by atoms with Crippen molar-refractivity contribution in [2.24, 2.45) is 11.7 Å². The molecule has 0 radical (unpaired) electrons. The molecular formula is C13H24N4O. The Morgan fingerprint density at radius 3 is 2.39 bits per heavy atom. The molecule has 0 saturated heterocycles. The molecule has 0 bridgehead atoms. The van der Waals surface area contributed by atoms with E-state index >= 15 is 0 Å². The number of nitrogens with zero attached hydrogens (tertiary/aromatic N) is 3. The van der Waals surface area contributed by atoms with Gasteiger partial charge in [0.15, 0.2) is 5.69 Å². The van der Waals surface area contributed by atoms with Crippen LogP contribution in [0.15, 0.2) is 0 Å². The monoisotopic (exact) mass is 252 g/mol. The molecule has 0 spiro atoms. The topological polar surface area (TPSA) is 73.8 Å². The zero-order valence-electron chi connectivity index (χ0n) is 11.8. The molecule has 0 atom stereocenters. The Balaban J connectivity index is 3.06. The minimum absolute atomic E-state index is 0.299.